The molecule has 0 bridgehead atoms. The first-order valence-corrected chi connectivity index (χ1v) is 11.7. The molecule has 2 heterocycles. The van der Waals surface area contributed by atoms with Crippen molar-refractivity contribution in [1.29, 1.82) is 0 Å². The maximum Gasteiger partial charge on any atom is 0.254 e. The second-order valence-corrected chi connectivity index (χ2v) is 9.23. The fraction of sp³-hybridized carbons (Fsp3) is 0.261. The molecule has 7 heteroatoms. The average molecular weight is 438 g/mol. The van der Waals surface area contributed by atoms with Crippen molar-refractivity contribution in [3.8, 4) is 0 Å². The quantitative estimate of drug-likeness (QED) is 0.557. The first-order valence-electron chi connectivity index (χ1n) is 9.88. The van der Waals surface area contributed by atoms with E-state index in [1.165, 1.54) is 0 Å². The number of aryl methyl sites for hydroxylation is 1. The van der Waals surface area contributed by atoms with Gasteiger partial charge in [0.05, 0.1) is 0 Å². The first-order chi connectivity index (χ1) is 14.6. The number of carbonyl (C=O) groups is 2. The highest BCUT2D eigenvalue weighted by Gasteiger charge is 2.26. The number of carbonyl (C=O) groups excluding carboxylic acids is 2. The summed E-state index contributed by atoms with van der Waals surface area (Å²) >= 11 is 3.29. The number of amides is 2. The third-order valence-corrected chi connectivity index (χ3v) is 7.26. The zero-order chi connectivity index (χ0) is 20.9. The number of thioether (sulfide) groups is 1. The van der Waals surface area contributed by atoms with E-state index in [1.807, 2.05) is 76.7 Å². The van der Waals surface area contributed by atoms with E-state index in [9.17, 15) is 9.59 Å². The van der Waals surface area contributed by atoms with Gasteiger partial charge in [-0.3, -0.25) is 9.59 Å². The number of piperazine rings is 1. The van der Waals surface area contributed by atoms with E-state index in [0.29, 0.717) is 37.5 Å². The van der Waals surface area contributed by atoms with Crippen molar-refractivity contribution in [3.05, 3.63) is 82.4 Å². The van der Waals surface area contributed by atoms with Crippen LogP contribution in [0.15, 0.2) is 64.3 Å². The number of hydrogen-bond donors (Lipinski definition) is 0. The van der Waals surface area contributed by atoms with Crippen molar-refractivity contribution in [3.63, 3.8) is 0 Å². The van der Waals surface area contributed by atoms with Crippen LogP contribution in [0.2, 0.25) is 0 Å². The second kappa shape index (κ2) is 9.45. The summed E-state index contributed by atoms with van der Waals surface area (Å²) in [4.78, 5) is 34.0. The van der Waals surface area contributed by atoms with Crippen molar-refractivity contribution in [1.82, 2.24) is 14.8 Å². The molecular weight excluding hydrogens is 414 g/mol. The minimum absolute atomic E-state index is 0.0261. The number of nitrogens with zero attached hydrogens (tertiary/aromatic N) is 3. The van der Waals surface area contributed by atoms with E-state index in [4.69, 9.17) is 0 Å². The summed E-state index contributed by atoms with van der Waals surface area (Å²) in [5.74, 6) is 0.771. The lowest BCUT2D eigenvalue weighted by atomic mass is 10.1. The smallest absolute Gasteiger partial charge is 0.254 e. The van der Waals surface area contributed by atoms with Gasteiger partial charge in [-0.05, 0) is 30.7 Å². The van der Waals surface area contributed by atoms with Gasteiger partial charge in [-0.2, -0.15) is 0 Å². The third kappa shape index (κ3) is 4.74. The van der Waals surface area contributed by atoms with E-state index in [0.717, 1.165) is 21.2 Å². The van der Waals surface area contributed by atoms with Crippen LogP contribution < -0.4 is 0 Å². The Balaban J connectivity index is 1.39. The standard InChI is InChI=1S/C23H23N3O2S2/c1-17-15-29-23(24-17)30-16-19-9-5-6-10-20(19)22(28)26-13-11-25(12-14-26)21(27)18-7-3-2-4-8-18/h2-10,15H,11-14,16H2,1H3. The van der Waals surface area contributed by atoms with Crippen molar-refractivity contribution >= 4 is 34.9 Å². The van der Waals surface area contributed by atoms with Crippen molar-refractivity contribution in [2.24, 2.45) is 0 Å². The Hall–Kier alpha value is -2.64. The monoisotopic (exact) mass is 437 g/mol. The third-order valence-electron chi connectivity index (χ3n) is 5.07. The Kier molecular flexibility index (Phi) is 6.50. The normalized spacial score (nSPS) is 14.0. The van der Waals surface area contributed by atoms with E-state index >= 15 is 0 Å². The van der Waals surface area contributed by atoms with E-state index < -0.39 is 0 Å². The van der Waals surface area contributed by atoms with Crippen LogP contribution in [0.5, 0.6) is 0 Å². The van der Waals surface area contributed by atoms with Gasteiger partial charge >= 0.3 is 0 Å². The van der Waals surface area contributed by atoms with Gasteiger partial charge in [0.2, 0.25) is 0 Å². The van der Waals surface area contributed by atoms with Crippen LogP contribution in [0.4, 0.5) is 0 Å². The molecule has 0 unspecified atom stereocenters. The Morgan fingerprint density at radius 1 is 0.933 bits per heavy atom. The van der Waals surface area contributed by atoms with Gasteiger partial charge in [-0.15, -0.1) is 11.3 Å². The molecule has 1 aromatic heterocycles. The van der Waals surface area contributed by atoms with Gasteiger partial charge in [-0.1, -0.05) is 48.2 Å². The summed E-state index contributed by atoms with van der Waals surface area (Å²) in [6, 6.07) is 17.1. The highest BCUT2D eigenvalue weighted by atomic mass is 32.2. The van der Waals surface area contributed by atoms with E-state index in [1.54, 1.807) is 23.1 Å². The van der Waals surface area contributed by atoms with Crippen LogP contribution in [0.1, 0.15) is 32.0 Å². The Labute approximate surface area is 184 Å². The molecule has 1 saturated heterocycles. The molecule has 1 aliphatic heterocycles. The molecule has 154 valence electrons. The summed E-state index contributed by atoms with van der Waals surface area (Å²) in [6.07, 6.45) is 0. The fourth-order valence-corrected chi connectivity index (χ4v) is 5.29. The second-order valence-electron chi connectivity index (χ2n) is 7.15. The SMILES string of the molecule is Cc1csc(SCc2ccccc2C(=O)N2CCN(C(=O)c3ccccc3)CC2)n1. The molecule has 0 spiro atoms. The van der Waals surface area contributed by atoms with Gasteiger partial charge in [0.25, 0.3) is 11.8 Å². The first kappa shape index (κ1) is 20.6. The summed E-state index contributed by atoms with van der Waals surface area (Å²) in [5, 5.41) is 2.04. The van der Waals surface area contributed by atoms with Crippen molar-refractivity contribution in [2.75, 3.05) is 26.2 Å². The highest BCUT2D eigenvalue weighted by Crippen LogP contribution is 2.28. The van der Waals surface area contributed by atoms with Gasteiger partial charge in [0, 0.05) is 54.1 Å². The summed E-state index contributed by atoms with van der Waals surface area (Å²) in [7, 11) is 0. The largest absolute Gasteiger partial charge is 0.335 e. The fourth-order valence-electron chi connectivity index (χ4n) is 3.44. The van der Waals surface area contributed by atoms with Crippen LogP contribution in [0, 0.1) is 6.92 Å². The van der Waals surface area contributed by atoms with Gasteiger partial charge < -0.3 is 9.80 Å². The van der Waals surface area contributed by atoms with Crippen LogP contribution in [0.3, 0.4) is 0 Å². The molecular formula is C23H23N3O2S2. The predicted molar refractivity (Wildman–Crippen MR) is 121 cm³/mol. The molecule has 1 fully saturated rings. The number of benzene rings is 2. The molecule has 0 radical (unpaired) electrons. The lowest BCUT2D eigenvalue weighted by Crippen LogP contribution is -2.50. The van der Waals surface area contributed by atoms with E-state index in [2.05, 4.69) is 4.98 Å². The summed E-state index contributed by atoms with van der Waals surface area (Å²) < 4.78 is 1.02. The maximum atomic E-state index is 13.2. The Morgan fingerprint density at radius 2 is 1.57 bits per heavy atom. The summed E-state index contributed by atoms with van der Waals surface area (Å²) in [6.45, 7) is 4.18. The molecule has 0 aliphatic carbocycles. The molecule has 30 heavy (non-hydrogen) atoms. The molecule has 0 saturated carbocycles. The molecule has 0 atom stereocenters. The summed E-state index contributed by atoms with van der Waals surface area (Å²) in [5.41, 5.74) is 3.47. The molecule has 4 rings (SSSR count). The van der Waals surface area contributed by atoms with Gasteiger partial charge in [-0.25, -0.2) is 4.98 Å². The van der Waals surface area contributed by atoms with Crippen LogP contribution in [-0.4, -0.2) is 52.8 Å². The zero-order valence-corrected chi connectivity index (χ0v) is 18.4. The van der Waals surface area contributed by atoms with Crippen molar-refractivity contribution < 1.29 is 9.59 Å². The number of thiazole rings is 1. The number of hydrogen-bond acceptors (Lipinski definition) is 5. The van der Waals surface area contributed by atoms with Crippen LogP contribution in [-0.2, 0) is 5.75 Å². The Bertz CT molecular complexity index is 1030. The minimum Gasteiger partial charge on any atom is -0.335 e. The van der Waals surface area contributed by atoms with Gasteiger partial charge in [0.1, 0.15) is 4.34 Å². The van der Waals surface area contributed by atoms with Crippen LogP contribution in [0.25, 0.3) is 0 Å². The molecule has 2 amide bonds. The minimum atomic E-state index is 0.0261. The Morgan fingerprint density at radius 3 is 2.23 bits per heavy atom. The molecule has 1 aliphatic rings. The predicted octanol–water partition coefficient (Wildman–Crippen LogP) is 4.34. The lowest BCUT2D eigenvalue weighted by molar-refractivity contribution is 0.0535. The lowest BCUT2D eigenvalue weighted by Gasteiger charge is -2.35. The van der Waals surface area contributed by atoms with Crippen LogP contribution >= 0.6 is 23.1 Å². The average Bonchev–Trinajstić information content (AvgIpc) is 3.22. The number of rotatable bonds is 5. The zero-order valence-electron chi connectivity index (χ0n) is 16.8. The molecule has 2 aromatic carbocycles. The molecule has 5 nitrogen and oxygen atoms in total. The molecule has 3 aromatic rings. The maximum absolute atomic E-state index is 13.2. The van der Waals surface area contributed by atoms with Crippen molar-refractivity contribution in [2.45, 2.75) is 17.0 Å². The van der Waals surface area contributed by atoms with E-state index in [-0.39, 0.29) is 11.8 Å². The van der Waals surface area contributed by atoms with Gasteiger partial charge in [0.15, 0.2) is 0 Å². The highest BCUT2D eigenvalue weighted by molar-refractivity contribution is 8.00. The topological polar surface area (TPSA) is 53.5 Å². The number of aromatic nitrogens is 1. The molecule has 0 N–H and O–H groups in total.